The fourth-order valence-corrected chi connectivity index (χ4v) is 2.61. The molecule has 1 aliphatic rings. The van der Waals surface area contributed by atoms with Crippen LogP contribution in [0.3, 0.4) is 0 Å². The maximum Gasteiger partial charge on any atom is 0.272 e. The summed E-state index contributed by atoms with van der Waals surface area (Å²) in [6.07, 6.45) is 6.24. The van der Waals surface area contributed by atoms with Gasteiger partial charge in [0.1, 0.15) is 5.69 Å². The van der Waals surface area contributed by atoms with Crippen LogP contribution in [0.4, 0.5) is 0 Å². The van der Waals surface area contributed by atoms with Crippen molar-refractivity contribution in [2.45, 2.75) is 38.6 Å². The number of hydrogen-bond acceptors (Lipinski definition) is 2. The molecule has 1 heterocycles. The number of carbonyl (C=O) groups excluding carboxylic acids is 1. The number of amides is 1. The largest absolute Gasteiger partial charge is 0.335 e. The summed E-state index contributed by atoms with van der Waals surface area (Å²) in [6.45, 7) is 2.75. The van der Waals surface area contributed by atoms with Crippen molar-refractivity contribution in [2.24, 2.45) is 0 Å². The minimum Gasteiger partial charge on any atom is -0.335 e. The molecule has 0 bridgehead atoms. The third-order valence-electron chi connectivity index (χ3n) is 3.31. The minimum atomic E-state index is 0.00176. The van der Waals surface area contributed by atoms with Gasteiger partial charge in [0.2, 0.25) is 0 Å². The zero-order valence-electron chi connectivity index (χ0n) is 10.0. The van der Waals surface area contributed by atoms with Crippen LogP contribution >= 0.6 is 11.6 Å². The summed E-state index contributed by atoms with van der Waals surface area (Å²) in [7, 11) is 0. The molecule has 0 N–H and O–H groups in total. The van der Waals surface area contributed by atoms with Gasteiger partial charge in [0.05, 0.1) is 0 Å². The van der Waals surface area contributed by atoms with Crippen molar-refractivity contribution in [3.63, 3.8) is 0 Å². The smallest absolute Gasteiger partial charge is 0.272 e. The molecule has 0 radical (unpaired) electrons. The van der Waals surface area contributed by atoms with Crippen molar-refractivity contribution < 1.29 is 4.79 Å². The van der Waals surface area contributed by atoms with Crippen LogP contribution in [0.5, 0.6) is 0 Å². The van der Waals surface area contributed by atoms with Crippen molar-refractivity contribution in [1.29, 1.82) is 0 Å². The monoisotopic (exact) mass is 252 g/mol. The highest BCUT2D eigenvalue weighted by Gasteiger charge is 2.26. The Morgan fingerprint density at radius 2 is 2.24 bits per heavy atom. The van der Waals surface area contributed by atoms with Gasteiger partial charge in [0.25, 0.3) is 5.91 Å². The van der Waals surface area contributed by atoms with E-state index in [-0.39, 0.29) is 5.91 Å². The molecule has 1 aromatic heterocycles. The molecule has 0 aromatic carbocycles. The van der Waals surface area contributed by atoms with Crippen LogP contribution in [0.25, 0.3) is 0 Å². The average Bonchev–Trinajstić information content (AvgIpc) is 2.83. The lowest BCUT2D eigenvalue weighted by atomic mass is 10.2. The highest BCUT2D eigenvalue weighted by Crippen LogP contribution is 2.24. The van der Waals surface area contributed by atoms with Crippen LogP contribution < -0.4 is 0 Å². The molecule has 2 rings (SSSR count). The van der Waals surface area contributed by atoms with E-state index < -0.39 is 0 Å². The van der Waals surface area contributed by atoms with Gasteiger partial charge in [-0.05, 0) is 31.9 Å². The first-order valence-corrected chi connectivity index (χ1v) is 6.52. The number of nitrogens with zero attached hydrogens (tertiary/aromatic N) is 2. The number of carbonyl (C=O) groups is 1. The molecule has 1 fully saturated rings. The topological polar surface area (TPSA) is 33.2 Å². The first kappa shape index (κ1) is 12.4. The molecule has 0 unspecified atom stereocenters. The first-order valence-electron chi connectivity index (χ1n) is 6.15. The summed E-state index contributed by atoms with van der Waals surface area (Å²) in [5.41, 5.74) is 0.450. The van der Waals surface area contributed by atoms with Gasteiger partial charge in [-0.1, -0.05) is 24.4 Å². The summed E-state index contributed by atoms with van der Waals surface area (Å²) in [5.74, 6) is 0.00176. The van der Waals surface area contributed by atoms with Crippen molar-refractivity contribution >= 4 is 17.5 Å². The van der Waals surface area contributed by atoms with Crippen molar-refractivity contribution in [2.75, 3.05) is 6.54 Å². The molecule has 4 heteroatoms. The fourth-order valence-electron chi connectivity index (χ4n) is 2.45. The minimum absolute atomic E-state index is 0.00176. The van der Waals surface area contributed by atoms with Crippen LogP contribution in [0.15, 0.2) is 18.3 Å². The molecule has 0 spiro atoms. The van der Waals surface area contributed by atoms with Crippen molar-refractivity contribution in [1.82, 2.24) is 9.88 Å². The quantitative estimate of drug-likeness (QED) is 0.828. The van der Waals surface area contributed by atoms with Gasteiger partial charge in [-0.15, -0.1) is 0 Å². The molecular formula is C13H17ClN2O. The maximum atomic E-state index is 12.3. The lowest BCUT2D eigenvalue weighted by Gasteiger charge is -2.27. The molecular weight excluding hydrogens is 236 g/mol. The molecule has 0 aliphatic heterocycles. The van der Waals surface area contributed by atoms with E-state index in [0.29, 0.717) is 16.8 Å². The van der Waals surface area contributed by atoms with Gasteiger partial charge in [0.15, 0.2) is 0 Å². The zero-order valence-corrected chi connectivity index (χ0v) is 10.8. The van der Waals surface area contributed by atoms with Gasteiger partial charge in [0, 0.05) is 23.8 Å². The molecule has 0 saturated heterocycles. The lowest BCUT2D eigenvalue weighted by Crippen LogP contribution is -2.39. The molecule has 92 valence electrons. The van der Waals surface area contributed by atoms with Crippen molar-refractivity contribution in [3.8, 4) is 0 Å². The predicted molar refractivity (Wildman–Crippen MR) is 68.2 cm³/mol. The molecule has 0 atom stereocenters. The number of rotatable bonds is 3. The predicted octanol–water partition coefficient (Wildman–Crippen LogP) is 3.14. The van der Waals surface area contributed by atoms with Crippen LogP contribution in [0.2, 0.25) is 5.02 Å². The Balaban J connectivity index is 2.16. The Hall–Kier alpha value is -1.09. The molecule has 1 aliphatic carbocycles. The number of halogens is 1. The third-order valence-corrected chi connectivity index (χ3v) is 3.54. The summed E-state index contributed by atoms with van der Waals surface area (Å²) < 4.78 is 0. The second-order valence-electron chi connectivity index (χ2n) is 4.39. The lowest BCUT2D eigenvalue weighted by molar-refractivity contribution is 0.0687. The molecule has 1 amide bonds. The molecule has 17 heavy (non-hydrogen) atoms. The van der Waals surface area contributed by atoms with E-state index in [4.69, 9.17) is 11.6 Å². The third kappa shape index (κ3) is 2.78. The van der Waals surface area contributed by atoms with Gasteiger partial charge >= 0.3 is 0 Å². The summed E-state index contributed by atoms with van der Waals surface area (Å²) in [5, 5.41) is 0.561. The fraction of sp³-hybridized carbons (Fsp3) is 0.538. The van der Waals surface area contributed by atoms with E-state index in [2.05, 4.69) is 4.98 Å². The van der Waals surface area contributed by atoms with Crippen molar-refractivity contribution in [3.05, 3.63) is 29.0 Å². The van der Waals surface area contributed by atoms with E-state index in [9.17, 15) is 4.79 Å². The number of pyridine rings is 1. The van der Waals surface area contributed by atoms with E-state index >= 15 is 0 Å². The summed E-state index contributed by atoms with van der Waals surface area (Å²) in [6, 6.07) is 3.71. The first-order chi connectivity index (χ1) is 8.22. The Morgan fingerprint density at radius 3 is 2.82 bits per heavy atom. The standard InChI is InChI=1S/C13H17ClN2O/c1-2-16(11-5-3-4-6-11)13(17)12-9-10(14)7-8-15-12/h7-9,11H,2-6H2,1H3. The summed E-state index contributed by atoms with van der Waals surface area (Å²) >= 11 is 5.89. The second kappa shape index (κ2) is 5.50. The van der Waals surface area contributed by atoms with Crippen LogP contribution in [0, 0.1) is 0 Å². The Kier molecular flexibility index (Phi) is 4.00. The van der Waals surface area contributed by atoms with E-state index in [1.807, 2.05) is 11.8 Å². The van der Waals surface area contributed by atoms with Gasteiger partial charge in [-0.2, -0.15) is 0 Å². The summed E-state index contributed by atoms with van der Waals surface area (Å²) in [4.78, 5) is 18.3. The molecule has 1 saturated carbocycles. The molecule has 1 aromatic rings. The Morgan fingerprint density at radius 1 is 1.53 bits per heavy atom. The van der Waals surface area contributed by atoms with Crippen LogP contribution in [-0.2, 0) is 0 Å². The highest BCUT2D eigenvalue weighted by atomic mass is 35.5. The Labute approximate surface area is 107 Å². The van der Waals surface area contributed by atoms with Gasteiger partial charge in [-0.3, -0.25) is 9.78 Å². The van der Waals surface area contributed by atoms with E-state index in [0.717, 1.165) is 19.4 Å². The zero-order chi connectivity index (χ0) is 12.3. The average molecular weight is 253 g/mol. The number of hydrogen-bond donors (Lipinski definition) is 0. The number of aromatic nitrogens is 1. The van der Waals surface area contributed by atoms with Crippen LogP contribution in [-0.4, -0.2) is 28.4 Å². The van der Waals surface area contributed by atoms with Crippen LogP contribution in [0.1, 0.15) is 43.1 Å². The molecule has 3 nitrogen and oxygen atoms in total. The Bertz CT molecular complexity index is 402. The maximum absolute atomic E-state index is 12.3. The normalized spacial score (nSPS) is 16.1. The highest BCUT2D eigenvalue weighted by molar-refractivity contribution is 6.30. The van der Waals surface area contributed by atoms with Gasteiger partial charge < -0.3 is 4.90 Å². The second-order valence-corrected chi connectivity index (χ2v) is 4.83. The van der Waals surface area contributed by atoms with E-state index in [1.54, 1.807) is 18.3 Å². The van der Waals surface area contributed by atoms with E-state index in [1.165, 1.54) is 12.8 Å². The van der Waals surface area contributed by atoms with Gasteiger partial charge in [-0.25, -0.2) is 0 Å². The SMILES string of the molecule is CCN(C(=O)c1cc(Cl)ccn1)C1CCCC1.